The van der Waals surface area contributed by atoms with E-state index in [2.05, 4.69) is 44.7 Å². The second-order valence-corrected chi connectivity index (χ2v) is 5.81. The zero-order valence-corrected chi connectivity index (χ0v) is 12.8. The van der Waals surface area contributed by atoms with Gasteiger partial charge in [0.15, 0.2) is 5.82 Å². The van der Waals surface area contributed by atoms with Crippen molar-refractivity contribution >= 4 is 11.5 Å². The van der Waals surface area contributed by atoms with Crippen molar-refractivity contribution in [2.45, 2.75) is 39.3 Å². The standard InChI is InChI=1S/C16H23N5/c1-13(2)21-12-17-10-14(21)11-19-15-6-5-7-18-16(15)20-8-3-4-9-20/h5-7,10,12-13,19H,3-4,8-9,11H2,1-2H3. The van der Waals surface area contributed by atoms with Gasteiger partial charge < -0.3 is 14.8 Å². The van der Waals surface area contributed by atoms with Crippen LogP contribution in [0.3, 0.4) is 0 Å². The zero-order chi connectivity index (χ0) is 14.7. The van der Waals surface area contributed by atoms with E-state index in [1.807, 2.05) is 24.8 Å². The molecule has 3 rings (SSSR count). The van der Waals surface area contributed by atoms with Crippen LogP contribution in [-0.4, -0.2) is 27.6 Å². The van der Waals surface area contributed by atoms with Crippen LogP contribution in [0.25, 0.3) is 0 Å². The molecule has 0 unspecified atom stereocenters. The molecule has 0 radical (unpaired) electrons. The molecule has 2 aromatic heterocycles. The Kier molecular flexibility index (Phi) is 4.08. The molecule has 112 valence electrons. The Bertz CT molecular complexity index is 584. The van der Waals surface area contributed by atoms with Gasteiger partial charge in [-0.2, -0.15) is 0 Å². The molecule has 0 saturated carbocycles. The van der Waals surface area contributed by atoms with Crippen LogP contribution in [0.15, 0.2) is 30.9 Å². The number of nitrogens with one attached hydrogen (secondary N) is 1. The Labute approximate surface area is 126 Å². The summed E-state index contributed by atoms with van der Waals surface area (Å²) in [6.45, 7) is 7.33. The quantitative estimate of drug-likeness (QED) is 0.917. The lowest BCUT2D eigenvalue weighted by molar-refractivity contribution is 0.577. The van der Waals surface area contributed by atoms with Crippen LogP contribution in [0.4, 0.5) is 11.5 Å². The molecule has 21 heavy (non-hydrogen) atoms. The summed E-state index contributed by atoms with van der Waals surface area (Å²) in [4.78, 5) is 11.2. The van der Waals surface area contributed by atoms with Gasteiger partial charge in [0.2, 0.25) is 0 Å². The fraction of sp³-hybridized carbons (Fsp3) is 0.500. The molecular formula is C16H23N5. The second-order valence-electron chi connectivity index (χ2n) is 5.81. The van der Waals surface area contributed by atoms with E-state index in [-0.39, 0.29) is 0 Å². The largest absolute Gasteiger partial charge is 0.376 e. The molecule has 0 aliphatic carbocycles. The molecule has 1 N–H and O–H groups in total. The van der Waals surface area contributed by atoms with E-state index in [9.17, 15) is 0 Å². The molecule has 1 aliphatic rings. The first-order valence-electron chi connectivity index (χ1n) is 7.70. The van der Waals surface area contributed by atoms with Crippen molar-refractivity contribution in [3.8, 4) is 0 Å². The summed E-state index contributed by atoms with van der Waals surface area (Å²) in [5.74, 6) is 1.07. The molecule has 0 aromatic carbocycles. The lowest BCUT2D eigenvalue weighted by Crippen LogP contribution is -2.21. The van der Waals surface area contributed by atoms with Gasteiger partial charge in [-0.3, -0.25) is 0 Å². The van der Waals surface area contributed by atoms with E-state index >= 15 is 0 Å². The molecule has 0 atom stereocenters. The molecule has 1 aliphatic heterocycles. The van der Waals surface area contributed by atoms with Crippen molar-refractivity contribution in [3.63, 3.8) is 0 Å². The Morgan fingerprint density at radius 2 is 2.10 bits per heavy atom. The summed E-state index contributed by atoms with van der Waals surface area (Å²) in [6, 6.07) is 4.52. The molecule has 5 heteroatoms. The zero-order valence-electron chi connectivity index (χ0n) is 12.8. The van der Waals surface area contributed by atoms with E-state index in [1.54, 1.807) is 0 Å². The minimum Gasteiger partial charge on any atom is -0.376 e. The van der Waals surface area contributed by atoms with Crippen LogP contribution >= 0.6 is 0 Å². The third-order valence-electron chi connectivity index (χ3n) is 3.95. The summed E-state index contributed by atoms with van der Waals surface area (Å²) < 4.78 is 2.19. The number of pyridine rings is 1. The van der Waals surface area contributed by atoms with Gasteiger partial charge in [0.25, 0.3) is 0 Å². The Hall–Kier alpha value is -2.04. The van der Waals surface area contributed by atoms with Gasteiger partial charge in [-0.1, -0.05) is 0 Å². The van der Waals surface area contributed by atoms with Gasteiger partial charge in [-0.05, 0) is 38.8 Å². The van der Waals surface area contributed by atoms with E-state index in [1.165, 1.54) is 18.5 Å². The molecule has 0 bridgehead atoms. The number of anilines is 2. The molecule has 3 heterocycles. The van der Waals surface area contributed by atoms with Crippen molar-refractivity contribution in [3.05, 3.63) is 36.5 Å². The van der Waals surface area contributed by atoms with E-state index in [0.717, 1.165) is 31.1 Å². The lowest BCUT2D eigenvalue weighted by atomic mass is 10.3. The summed E-state index contributed by atoms with van der Waals surface area (Å²) in [5, 5.41) is 3.52. The fourth-order valence-electron chi connectivity index (χ4n) is 2.84. The monoisotopic (exact) mass is 285 g/mol. The predicted molar refractivity (Wildman–Crippen MR) is 85.6 cm³/mol. The molecule has 0 spiro atoms. The summed E-state index contributed by atoms with van der Waals surface area (Å²) in [7, 11) is 0. The molecule has 0 amide bonds. The smallest absolute Gasteiger partial charge is 0.151 e. The van der Waals surface area contributed by atoms with Crippen molar-refractivity contribution in [1.29, 1.82) is 0 Å². The van der Waals surface area contributed by atoms with Gasteiger partial charge in [0.1, 0.15) is 0 Å². The van der Waals surface area contributed by atoms with E-state index in [0.29, 0.717) is 6.04 Å². The normalized spacial score (nSPS) is 14.9. The number of hydrogen-bond acceptors (Lipinski definition) is 4. The summed E-state index contributed by atoms with van der Waals surface area (Å²) >= 11 is 0. The van der Waals surface area contributed by atoms with Crippen LogP contribution in [-0.2, 0) is 6.54 Å². The lowest BCUT2D eigenvalue weighted by Gasteiger charge is -2.21. The topological polar surface area (TPSA) is 46.0 Å². The fourth-order valence-corrected chi connectivity index (χ4v) is 2.84. The number of aromatic nitrogens is 3. The first-order valence-corrected chi connectivity index (χ1v) is 7.70. The Morgan fingerprint density at radius 1 is 1.29 bits per heavy atom. The number of hydrogen-bond donors (Lipinski definition) is 1. The molecule has 1 saturated heterocycles. The van der Waals surface area contributed by atoms with E-state index < -0.39 is 0 Å². The highest BCUT2D eigenvalue weighted by Crippen LogP contribution is 2.26. The Morgan fingerprint density at radius 3 is 2.86 bits per heavy atom. The molecule has 5 nitrogen and oxygen atoms in total. The first kappa shape index (κ1) is 13.9. The highest BCUT2D eigenvalue weighted by Gasteiger charge is 2.16. The molecular weight excluding hydrogens is 262 g/mol. The molecule has 1 fully saturated rings. The second kappa shape index (κ2) is 6.16. The van der Waals surface area contributed by atoms with Crippen molar-refractivity contribution in [1.82, 2.24) is 14.5 Å². The number of rotatable bonds is 5. The molecule has 2 aromatic rings. The highest BCUT2D eigenvalue weighted by atomic mass is 15.2. The minimum absolute atomic E-state index is 0.427. The van der Waals surface area contributed by atoms with Gasteiger partial charge in [-0.15, -0.1) is 0 Å². The third-order valence-corrected chi connectivity index (χ3v) is 3.95. The van der Waals surface area contributed by atoms with Crippen molar-refractivity contribution < 1.29 is 0 Å². The SMILES string of the molecule is CC(C)n1cncc1CNc1cccnc1N1CCCC1. The highest BCUT2D eigenvalue weighted by molar-refractivity contribution is 5.65. The van der Waals surface area contributed by atoms with Gasteiger partial charge in [-0.25, -0.2) is 9.97 Å². The van der Waals surface area contributed by atoms with Crippen LogP contribution in [0, 0.1) is 0 Å². The van der Waals surface area contributed by atoms with Gasteiger partial charge >= 0.3 is 0 Å². The van der Waals surface area contributed by atoms with Gasteiger partial charge in [0.05, 0.1) is 24.3 Å². The maximum Gasteiger partial charge on any atom is 0.151 e. The first-order chi connectivity index (χ1) is 10.3. The number of nitrogens with zero attached hydrogens (tertiary/aromatic N) is 4. The average molecular weight is 285 g/mol. The Balaban J connectivity index is 1.74. The van der Waals surface area contributed by atoms with Crippen molar-refractivity contribution in [2.24, 2.45) is 0 Å². The van der Waals surface area contributed by atoms with Crippen LogP contribution < -0.4 is 10.2 Å². The average Bonchev–Trinajstić information content (AvgIpc) is 3.16. The van der Waals surface area contributed by atoms with Crippen LogP contribution in [0.1, 0.15) is 38.4 Å². The van der Waals surface area contributed by atoms with E-state index in [4.69, 9.17) is 0 Å². The van der Waals surface area contributed by atoms with Crippen molar-refractivity contribution in [2.75, 3.05) is 23.3 Å². The summed E-state index contributed by atoms with van der Waals surface area (Å²) in [6.07, 6.45) is 8.22. The maximum absolute atomic E-state index is 4.56. The predicted octanol–water partition coefficient (Wildman–Crippen LogP) is 3.07. The van der Waals surface area contributed by atoms with Gasteiger partial charge in [0, 0.05) is 31.5 Å². The summed E-state index contributed by atoms with van der Waals surface area (Å²) in [5.41, 5.74) is 2.30. The minimum atomic E-state index is 0.427. The number of imidazole rings is 1. The third kappa shape index (κ3) is 3.01. The van der Waals surface area contributed by atoms with Crippen LogP contribution in [0.5, 0.6) is 0 Å². The van der Waals surface area contributed by atoms with Crippen LogP contribution in [0.2, 0.25) is 0 Å². The maximum atomic E-state index is 4.56.